The van der Waals surface area contributed by atoms with E-state index in [1.165, 1.54) is 5.56 Å². The highest BCUT2D eigenvalue weighted by Crippen LogP contribution is 2.14. The van der Waals surface area contributed by atoms with E-state index in [9.17, 15) is 0 Å². The first kappa shape index (κ1) is 10.2. The number of hydrogen-bond donors (Lipinski definition) is 1. The normalized spacial score (nSPS) is 10.5. The molecule has 0 fully saturated rings. The van der Waals surface area contributed by atoms with Gasteiger partial charge in [0.1, 0.15) is 0 Å². The molecule has 0 aliphatic rings. The lowest BCUT2D eigenvalue weighted by molar-refractivity contribution is 0.809. The van der Waals surface area contributed by atoms with E-state index in [4.69, 9.17) is 5.73 Å². The molecule has 0 unspecified atom stereocenters. The third kappa shape index (κ3) is 2.39. The molecule has 3 nitrogen and oxygen atoms in total. The number of halogens is 1. The number of anilines is 1. The summed E-state index contributed by atoms with van der Waals surface area (Å²) in [5.74, 6) is 0.562. The van der Waals surface area contributed by atoms with Crippen molar-refractivity contribution in [2.45, 2.75) is 13.5 Å². The van der Waals surface area contributed by atoms with Crippen molar-refractivity contribution in [2.75, 3.05) is 5.73 Å². The summed E-state index contributed by atoms with van der Waals surface area (Å²) in [4.78, 5) is 4.16. The Hall–Kier alpha value is -1.29. The lowest BCUT2D eigenvalue weighted by Gasteiger charge is -2.04. The summed E-state index contributed by atoms with van der Waals surface area (Å²) in [5.41, 5.74) is 7.92. The van der Waals surface area contributed by atoms with Crippen LogP contribution < -0.4 is 5.73 Å². The van der Waals surface area contributed by atoms with Gasteiger partial charge in [-0.15, -0.1) is 0 Å². The van der Waals surface area contributed by atoms with Crippen LogP contribution in [-0.4, -0.2) is 9.55 Å². The van der Waals surface area contributed by atoms with Crippen LogP contribution in [0.5, 0.6) is 0 Å². The van der Waals surface area contributed by atoms with Crippen LogP contribution in [0, 0.1) is 6.92 Å². The van der Waals surface area contributed by atoms with E-state index >= 15 is 0 Å². The Morgan fingerprint density at radius 1 is 1.47 bits per heavy atom. The average molecular weight is 266 g/mol. The quantitative estimate of drug-likeness (QED) is 0.907. The molecule has 0 amide bonds. The average Bonchev–Trinajstić information content (AvgIpc) is 2.45. The van der Waals surface area contributed by atoms with Crippen LogP contribution in [0.2, 0.25) is 0 Å². The molecule has 1 aromatic carbocycles. The molecule has 0 spiro atoms. The Kier molecular flexibility index (Phi) is 2.77. The number of benzene rings is 1. The summed E-state index contributed by atoms with van der Waals surface area (Å²) < 4.78 is 3.02. The van der Waals surface area contributed by atoms with Crippen molar-refractivity contribution in [3.63, 3.8) is 0 Å². The largest absolute Gasteiger partial charge is 0.369 e. The third-order valence-corrected chi connectivity index (χ3v) is 2.66. The SMILES string of the molecule is Cc1cn(Cc2cccc(Br)c2)c(N)n1. The predicted octanol–water partition coefficient (Wildman–Crippen LogP) is 2.58. The molecule has 0 aliphatic heterocycles. The van der Waals surface area contributed by atoms with Gasteiger partial charge in [0.15, 0.2) is 0 Å². The van der Waals surface area contributed by atoms with Crippen LogP contribution in [0.4, 0.5) is 5.95 Å². The summed E-state index contributed by atoms with van der Waals surface area (Å²) in [7, 11) is 0. The summed E-state index contributed by atoms with van der Waals surface area (Å²) in [6.45, 7) is 2.69. The number of nitrogens with two attached hydrogens (primary N) is 1. The molecule has 0 saturated heterocycles. The first-order valence-corrected chi connectivity index (χ1v) is 5.48. The van der Waals surface area contributed by atoms with E-state index in [0.29, 0.717) is 5.95 Å². The van der Waals surface area contributed by atoms with Gasteiger partial charge in [0, 0.05) is 10.7 Å². The summed E-state index contributed by atoms with van der Waals surface area (Å²) in [6.07, 6.45) is 1.95. The number of nitrogens with zero attached hydrogens (tertiary/aromatic N) is 2. The maximum Gasteiger partial charge on any atom is 0.200 e. The van der Waals surface area contributed by atoms with Crippen LogP contribution >= 0.6 is 15.9 Å². The highest BCUT2D eigenvalue weighted by Gasteiger charge is 2.02. The maximum atomic E-state index is 5.77. The van der Waals surface area contributed by atoms with E-state index < -0.39 is 0 Å². The summed E-state index contributed by atoms with van der Waals surface area (Å²) >= 11 is 3.44. The number of hydrogen-bond acceptors (Lipinski definition) is 2. The summed E-state index contributed by atoms with van der Waals surface area (Å²) in [6, 6.07) is 8.17. The van der Waals surface area contributed by atoms with E-state index in [-0.39, 0.29) is 0 Å². The van der Waals surface area contributed by atoms with Gasteiger partial charge in [-0.05, 0) is 24.6 Å². The number of aromatic nitrogens is 2. The Balaban J connectivity index is 2.25. The van der Waals surface area contributed by atoms with Gasteiger partial charge in [-0.25, -0.2) is 4.98 Å². The van der Waals surface area contributed by atoms with Crippen molar-refractivity contribution >= 4 is 21.9 Å². The minimum atomic E-state index is 0.562. The molecule has 2 rings (SSSR count). The molecule has 0 aliphatic carbocycles. The Morgan fingerprint density at radius 2 is 2.27 bits per heavy atom. The van der Waals surface area contributed by atoms with Gasteiger partial charge in [0.25, 0.3) is 0 Å². The predicted molar refractivity (Wildman–Crippen MR) is 64.6 cm³/mol. The van der Waals surface area contributed by atoms with E-state index in [0.717, 1.165) is 16.7 Å². The molecule has 2 N–H and O–H groups in total. The van der Waals surface area contributed by atoms with Crippen molar-refractivity contribution < 1.29 is 0 Å². The minimum absolute atomic E-state index is 0.562. The van der Waals surface area contributed by atoms with E-state index in [2.05, 4.69) is 33.0 Å². The zero-order valence-electron chi connectivity index (χ0n) is 8.44. The molecule has 1 aromatic heterocycles. The van der Waals surface area contributed by atoms with Crippen molar-refractivity contribution in [3.05, 3.63) is 46.2 Å². The molecular weight excluding hydrogens is 254 g/mol. The Morgan fingerprint density at radius 3 is 2.87 bits per heavy atom. The van der Waals surface area contributed by atoms with Gasteiger partial charge < -0.3 is 10.3 Å². The molecule has 1 heterocycles. The minimum Gasteiger partial charge on any atom is -0.369 e. The highest BCUT2D eigenvalue weighted by atomic mass is 79.9. The molecule has 0 saturated carbocycles. The molecule has 78 valence electrons. The van der Waals surface area contributed by atoms with Gasteiger partial charge in [-0.3, -0.25) is 0 Å². The highest BCUT2D eigenvalue weighted by molar-refractivity contribution is 9.10. The van der Waals surface area contributed by atoms with Crippen molar-refractivity contribution in [2.24, 2.45) is 0 Å². The smallest absolute Gasteiger partial charge is 0.200 e. The lowest BCUT2D eigenvalue weighted by atomic mass is 10.2. The molecule has 15 heavy (non-hydrogen) atoms. The monoisotopic (exact) mass is 265 g/mol. The van der Waals surface area contributed by atoms with Gasteiger partial charge in [0.2, 0.25) is 5.95 Å². The second-order valence-electron chi connectivity index (χ2n) is 3.50. The molecule has 0 radical (unpaired) electrons. The second-order valence-corrected chi connectivity index (χ2v) is 4.41. The van der Waals surface area contributed by atoms with Gasteiger partial charge in [0.05, 0.1) is 12.2 Å². The number of rotatable bonds is 2. The van der Waals surface area contributed by atoms with Crippen molar-refractivity contribution in [1.82, 2.24) is 9.55 Å². The molecule has 4 heteroatoms. The summed E-state index contributed by atoms with van der Waals surface area (Å²) in [5, 5.41) is 0. The fraction of sp³-hybridized carbons (Fsp3) is 0.182. The topological polar surface area (TPSA) is 43.8 Å². The van der Waals surface area contributed by atoms with Crippen LogP contribution in [0.1, 0.15) is 11.3 Å². The maximum absolute atomic E-state index is 5.77. The van der Waals surface area contributed by atoms with Gasteiger partial charge in [-0.1, -0.05) is 28.1 Å². The molecule has 0 atom stereocenters. The number of aryl methyl sites for hydroxylation is 1. The second kappa shape index (κ2) is 4.06. The Bertz CT molecular complexity index is 476. The fourth-order valence-corrected chi connectivity index (χ4v) is 1.97. The van der Waals surface area contributed by atoms with Crippen LogP contribution in [0.25, 0.3) is 0 Å². The van der Waals surface area contributed by atoms with Crippen molar-refractivity contribution in [3.8, 4) is 0 Å². The van der Waals surface area contributed by atoms with Crippen LogP contribution in [-0.2, 0) is 6.54 Å². The first-order chi connectivity index (χ1) is 7.15. The van der Waals surface area contributed by atoms with Crippen LogP contribution in [0.15, 0.2) is 34.9 Å². The standard InChI is InChI=1S/C11H12BrN3/c1-8-6-15(11(13)14-8)7-9-3-2-4-10(12)5-9/h2-6H,7H2,1H3,(H2,13,14). The zero-order chi connectivity index (χ0) is 10.8. The molecule has 2 aromatic rings. The van der Waals surface area contributed by atoms with Gasteiger partial charge >= 0.3 is 0 Å². The lowest BCUT2D eigenvalue weighted by Crippen LogP contribution is -2.03. The Labute approximate surface area is 97.1 Å². The third-order valence-electron chi connectivity index (χ3n) is 2.17. The molecular formula is C11H12BrN3. The fourth-order valence-electron chi connectivity index (χ4n) is 1.52. The van der Waals surface area contributed by atoms with E-state index in [1.807, 2.05) is 29.8 Å². The van der Waals surface area contributed by atoms with E-state index in [1.54, 1.807) is 0 Å². The number of nitrogen functional groups attached to an aromatic ring is 1. The van der Waals surface area contributed by atoms with Crippen LogP contribution in [0.3, 0.4) is 0 Å². The zero-order valence-corrected chi connectivity index (χ0v) is 10.0. The number of imidazole rings is 1. The molecule has 0 bridgehead atoms. The van der Waals surface area contributed by atoms with Gasteiger partial charge in [-0.2, -0.15) is 0 Å². The van der Waals surface area contributed by atoms with Crippen molar-refractivity contribution in [1.29, 1.82) is 0 Å². The first-order valence-electron chi connectivity index (χ1n) is 4.69.